The maximum Gasteiger partial charge on any atom is 0.238 e. The van der Waals surface area contributed by atoms with Crippen molar-refractivity contribution in [2.75, 3.05) is 25.0 Å². The summed E-state index contributed by atoms with van der Waals surface area (Å²) < 4.78 is 0. The molecular formula is C20H20Cl2N2O2. The molecule has 136 valence electrons. The number of hydrogen-bond donors (Lipinski definition) is 2. The largest absolute Gasteiger partial charge is 0.508 e. The molecule has 0 aliphatic carbocycles. The Morgan fingerprint density at radius 2 is 1.92 bits per heavy atom. The van der Waals surface area contributed by atoms with Crippen LogP contribution in [-0.4, -0.2) is 35.5 Å². The van der Waals surface area contributed by atoms with Crippen LogP contribution in [0.4, 0.5) is 5.69 Å². The lowest BCUT2D eigenvalue weighted by Crippen LogP contribution is -2.36. The van der Waals surface area contributed by atoms with Gasteiger partial charge in [-0.15, -0.1) is 0 Å². The second kappa shape index (κ2) is 8.12. The van der Waals surface area contributed by atoms with E-state index in [1.165, 1.54) is 5.57 Å². The van der Waals surface area contributed by atoms with Crippen LogP contribution in [0.1, 0.15) is 17.5 Å². The number of phenolic OH excluding ortho intramolecular Hbond substituents is 1. The Morgan fingerprint density at radius 1 is 1.19 bits per heavy atom. The van der Waals surface area contributed by atoms with E-state index in [2.05, 4.69) is 16.3 Å². The number of benzene rings is 2. The fourth-order valence-corrected chi connectivity index (χ4v) is 3.41. The molecule has 0 unspecified atom stereocenters. The molecule has 0 saturated heterocycles. The number of carbonyl (C=O) groups is 1. The Kier molecular flexibility index (Phi) is 5.87. The van der Waals surface area contributed by atoms with E-state index in [-0.39, 0.29) is 18.2 Å². The smallest absolute Gasteiger partial charge is 0.238 e. The number of halogens is 2. The highest BCUT2D eigenvalue weighted by Crippen LogP contribution is 2.33. The molecule has 26 heavy (non-hydrogen) atoms. The summed E-state index contributed by atoms with van der Waals surface area (Å²) in [5.74, 6) is 0.123. The highest BCUT2D eigenvalue weighted by Gasteiger charge is 2.17. The molecule has 1 aliphatic heterocycles. The van der Waals surface area contributed by atoms with E-state index < -0.39 is 0 Å². The quantitative estimate of drug-likeness (QED) is 0.792. The van der Waals surface area contributed by atoms with Crippen molar-refractivity contribution in [2.24, 2.45) is 0 Å². The van der Waals surface area contributed by atoms with Crippen molar-refractivity contribution in [2.45, 2.75) is 13.3 Å². The molecule has 2 aromatic rings. The van der Waals surface area contributed by atoms with Gasteiger partial charge in [0.1, 0.15) is 5.75 Å². The lowest BCUT2D eigenvalue weighted by Gasteiger charge is -2.26. The van der Waals surface area contributed by atoms with Gasteiger partial charge < -0.3 is 10.4 Å². The van der Waals surface area contributed by atoms with Crippen molar-refractivity contribution in [3.05, 3.63) is 63.6 Å². The molecule has 0 atom stereocenters. The van der Waals surface area contributed by atoms with Gasteiger partial charge in [-0.2, -0.15) is 0 Å². The van der Waals surface area contributed by atoms with E-state index in [1.807, 2.05) is 25.1 Å². The molecule has 0 saturated carbocycles. The van der Waals surface area contributed by atoms with Gasteiger partial charge in [0, 0.05) is 13.1 Å². The molecule has 0 spiro atoms. The molecule has 1 amide bonds. The third-order valence-corrected chi connectivity index (χ3v) is 5.25. The first kappa shape index (κ1) is 18.8. The molecule has 3 rings (SSSR count). The van der Waals surface area contributed by atoms with E-state index in [4.69, 9.17) is 23.2 Å². The van der Waals surface area contributed by atoms with E-state index in [1.54, 1.807) is 18.2 Å². The number of amides is 1. The highest BCUT2D eigenvalue weighted by molar-refractivity contribution is 6.40. The van der Waals surface area contributed by atoms with Crippen LogP contribution in [0.3, 0.4) is 0 Å². The molecule has 1 aliphatic rings. The lowest BCUT2D eigenvalue weighted by molar-refractivity contribution is -0.117. The number of aromatic hydroxyl groups is 1. The molecule has 0 aromatic heterocycles. The average Bonchev–Trinajstić information content (AvgIpc) is 2.63. The van der Waals surface area contributed by atoms with Gasteiger partial charge in [0.15, 0.2) is 0 Å². The number of nitrogens with zero attached hydrogens (tertiary/aromatic N) is 1. The van der Waals surface area contributed by atoms with E-state index >= 15 is 0 Å². The Labute approximate surface area is 163 Å². The minimum atomic E-state index is -0.138. The SMILES string of the molecule is Cc1ccc(Cl)c(NC(=O)CN2CC=C(c3ccc(O)cc3)CC2)c1Cl. The predicted octanol–water partition coefficient (Wildman–Crippen LogP) is 4.74. The van der Waals surface area contributed by atoms with Crippen LogP contribution in [0.15, 0.2) is 42.5 Å². The number of anilines is 1. The summed E-state index contributed by atoms with van der Waals surface area (Å²) >= 11 is 12.4. The van der Waals surface area contributed by atoms with Crippen molar-refractivity contribution in [1.82, 2.24) is 4.90 Å². The van der Waals surface area contributed by atoms with Crippen molar-refractivity contribution < 1.29 is 9.90 Å². The summed E-state index contributed by atoms with van der Waals surface area (Å²) in [6.07, 6.45) is 2.97. The molecule has 1 heterocycles. The minimum absolute atomic E-state index is 0.138. The zero-order valence-electron chi connectivity index (χ0n) is 14.4. The second-order valence-electron chi connectivity index (χ2n) is 6.36. The summed E-state index contributed by atoms with van der Waals surface area (Å²) in [5, 5.41) is 13.1. The lowest BCUT2D eigenvalue weighted by atomic mass is 9.99. The number of rotatable bonds is 4. The third-order valence-electron chi connectivity index (χ3n) is 4.45. The van der Waals surface area contributed by atoms with Crippen LogP contribution in [0, 0.1) is 6.92 Å². The van der Waals surface area contributed by atoms with E-state index in [0.717, 1.165) is 24.1 Å². The third kappa shape index (κ3) is 4.39. The Bertz CT molecular complexity index is 848. The van der Waals surface area contributed by atoms with Crippen LogP contribution in [-0.2, 0) is 4.79 Å². The first-order chi connectivity index (χ1) is 12.4. The molecular weight excluding hydrogens is 371 g/mol. The monoisotopic (exact) mass is 390 g/mol. The topological polar surface area (TPSA) is 52.6 Å². The van der Waals surface area contributed by atoms with Crippen LogP contribution < -0.4 is 5.32 Å². The van der Waals surface area contributed by atoms with Gasteiger partial charge in [-0.1, -0.05) is 47.5 Å². The molecule has 2 N–H and O–H groups in total. The van der Waals surface area contributed by atoms with Gasteiger partial charge in [-0.05, 0) is 48.2 Å². The number of aryl methyl sites for hydroxylation is 1. The summed E-state index contributed by atoms with van der Waals surface area (Å²) in [6, 6.07) is 10.7. The molecule has 4 nitrogen and oxygen atoms in total. The van der Waals surface area contributed by atoms with Crippen LogP contribution in [0.5, 0.6) is 5.75 Å². The molecule has 0 fully saturated rings. The zero-order valence-corrected chi connectivity index (χ0v) is 15.9. The number of carbonyl (C=O) groups excluding carboxylic acids is 1. The van der Waals surface area contributed by atoms with Crippen molar-refractivity contribution in [3.8, 4) is 5.75 Å². The number of nitrogens with one attached hydrogen (secondary N) is 1. The Balaban J connectivity index is 1.60. The normalized spacial score (nSPS) is 14.8. The number of hydrogen-bond acceptors (Lipinski definition) is 3. The summed E-state index contributed by atoms with van der Waals surface area (Å²) in [4.78, 5) is 14.4. The molecule has 6 heteroatoms. The first-order valence-electron chi connectivity index (χ1n) is 8.39. The Morgan fingerprint density at radius 3 is 2.58 bits per heavy atom. The summed E-state index contributed by atoms with van der Waals surface area (Å²) in [6.45, 7) is 3.63. The van der Waals surface area contributed by atoms with Gasteiger partial charge in [0.25, 0.3) is 0 Å². The zero-order chi connectivity index (χ0) is 18.7. The standard InChI is InChI=1S/C20H20Cl2N2O2/c1-13-2-7-17(21)20(19(13)22)23-18(26)12-24-10-8-15(9-11-24)14-3-5-16(25)6-4-14/h2-8,25H,9-12H2,1H3,(H,23,26). The maximum absolute atomic E-state index is 12.4. The van der Waals surface area contributed by atoms with E-state index in [9.17, 15) is 9.90 Å². The predicted molar refractivity (Wildman–Crippen MR) is 107 cm³/mol. The van der Waals surface area contributed by atoms with Crippen molar-refractivity contribution >= 4 is 40.4 Å². The van der Waals surface area contributed by atoms with Gasteiger partial charge in [-0.3, -0.25) is 9.69 Å². The molecule has 0 radical (unpaired) electrons. The fourth-order valence-electron chi connectivity index (χ4n) is 2.95. The average molecular weight is 391 g/mol. The van der Waals surface area contributed by atoms with Crippen LogP contribution in [0.25, 0.3) is 5.57 Å². The minimum Gasteiger partial charge on any atom is -0.508 e. The van der Waals surface area contributed by atoms with Gasteiger partial charge in [-0.25, -0.2) is 0 Å². The Hall–Kier alpha value is -2.01. The molecule has 0 bridgehead atoms. The van der Waals surface area contributed by atoms with Crippen molar-refractivity contribution in [3.63, 3.8) is 0 Å². The van der Waals surface area contributed by atoms with Gasteiger partial charge in [0.05, 0.1) is 22.3 Å². The fraction of sp³-hybridized carbons (Fsp3) is 0.250. The molecule has 2 aromatic carbocycles. The highest BCUT2D eigenvalue weighted by atomic mass is 35.5. The van der Waals surface area contributed by atoms with Gasteiger partial charge >= 0.3 is 0 Å². The first-order valence-corrected chi connectivity index (χ1v) is 9.15. The maximum atomic E-state index is 12.4. The number of phenols is 1. The van der Waals surface area contributed by atoms with E-state index in [0.29, 0.717) is 22.3 Å². The summed E-state index contributed by atoms with van der Waals surface area (Å²) in [5.41, 5.74) is 3.66. The van der Waals surface area contributed by atoms with Crippen LogP contribution in [0.2, 0.25) is 10.0 Å². The summed E-state index contributed by atoms with van der Waals surface area (Å²) in [7, 11) is 0. The van der Waals surface area contributed by atoms with Crippen molar-refractivity contribution in [1.29, 1.82) is 0 Å². The second-order valence-corrected chi connectivity index (χ2v) is 7.15. The van der Waals surface area contributed by atoms with Gasteiger partial charge in [0.2, 0.25) is 5.91 Å². The van der Waals surface area contributed by atoms with Crippen LogP contribution >= 0.6 is 23.2 Å².